The topological polar surface area (TPSA) is 104 Å². The van der Waals surface area contributed by atoms with Gasteiger partial charge in [0.1, 0.15) is 12.1 Å². The smallest absolute Gasteiger partial charge is 0.321 e. The van der Waals surface area contributed by atoms with Crippen LogP contribution in [0.25, 0.3) is 0 Å². The van der Waals surface area contributed by atoms with Gasteiger partial charge in [-0.05, 0) is 24.0 Å². The molecular formula is C19H25N3O4. The summed E-state index contributed by atoms with van der Waals surface area (Å²) in [6, 6.07) is 9.68. The number of nitrogens with one attached hydrogen (secondary N) is 1. The summed E-state index contributed by atoms with van der Waals surface area (Å²) < 4.78 is 1.74. The van der Waals surface area contributed by atoms with Crippen LogP contribution in [0.1, 0.15) is 31.5 Å². The summed E-state index contributed by atoms with van der Waals surface area (Å²) in [5.41, 5.74) is 1.70. The second kappa shape index (κ2) is 9.15. The SMILES string of the molecule is CC(C)C[C@@H](N[C@@H](Cc1ccn(Cc2ccccc2)n1)C(=O)O)C(=O)O. The van der Waals surface area contributed by atoms with Crippen LogP contribution in [0, 0.1) is 5.92 Å². The van der Waals surface area contributed by atoms with Crippen LogP contribution in [-0.4, -0.2) is 44.0 Å². The molecule has 3 N–H and O–H groups in total. The second-order valence-corrected chi connectivity index (χ2v) is 6.77. The number of carboxylic acid groups (broad SMARTS) is 2. The highest BCUT2D eigenvalue weighted by Gasteiger charge is 2.27. The van der Waals surface area contributed by atoms with Crippen LogP contribution >= 0.6 is 0 Å². The molecule has 0 radical (unpaired) electrons. The first kappa shape index (κ1) is 19.7. The lowest BCUT2D eigenvalue weighted by atomic mass is 10.0. The molecule has 0 amide bonds. The molecule has 0 aliphatic carbocycles. The molecular weight excluding hydrogens is 334 g/mol. The van der Waals surface area contributed by atoms with Gasteiger partial charge in [0.2, 0.25) is 0 Å². The van der Waals surface area contributed by atoms with Crippen LogP contribution in [0.5, 0.6) is 0 Å². The van der Waals surface area contributed by atoms with Gasteiger partial charge < -0.3 is 10.2 Å². The molecule has 2 rings (SSSR count). The number of hydrogen-bond donors (Lipinski definition) is 3. The normalized spacial score (nSPS) is 13.5. The summed E-state index contributed by atoms with van der Waals surface area (Å²) in [6.45, 7) is 4.40. The van der Waals surface area contributed by atoms with E-state index in [0.717, 1.165) is 5.56 Å². The minimum atomic E-state index is -1.09. The first-order valence-corrected chi connectivity index (χ1v) is 8.63. The number of aliphatic carboxylic acids is 2. The minimum Gasteiger partial charge on any atom is -0.480 e. The van der Waals surface area contributed by atoms with Crippen LogP contribution < -0.4 is 5.32 Å². The average molecular weight is 359 g/mol. The molecule has 0 fully saturated rings. The van der Waals surface area contributed by atoms with E-state index in [4.69, 9.17) is 0 Å². The molecule has 1 heterocycles. The average Bonchev–Trinajstić information content (AvgIpc) is 3.00. The molecule has 0 saturated heterocycles. The van der Waals surface area contributed by atoms with E-state index in [2.05, 4.69) is 10.4 Å². The van der Waals surface area contributed by atoms with E-state index in [1.165, 1.54) is 0 Å². The van der Waals surface area contributed by atoms with Crippen LogP contribution in [0.2, 0.25) is 0 Å². The Labute approximate surface area is 152 Å². The van der Waals surface area contributed by atoms with E-state index >= 15 is 0 Å². The van der Waals surface area contributed by atoms with Gasteiger partial charge in [0.05, 0.1) is 12.2 Å². The van der Waals surface area contributed by atoms with Crippen LogP contribution in [0.3, 0.4) is 0 Å². The molecule has 2 atom stereocenters. The maximum Gasteiger partial charge on any atom is 0.321 e. The standard InChI is InChI=1S/C19H25N3O4/c1-13(2)10-16(18(23)24)20-17(19(25)26)11-15-8-9-22(21-15)12-14-6-4-3-5-7-14/h3-9,13,16-17,20H,10-12H2,1-2H3,(H,23,24)(H,25,26)/t16-,17+/m1/s1. The Morgan fingerprint density at radius 3 is 2.31 bits per heavy atom. The predicted molar refractivity (Wildman–Crippen MR) is 96.9 cm³/mol. The van der Waals surface area contributed by atoms with Crippen molar-refractivity contribution >= 4 is 11.9 Å². The zero-order valence-electron chi connectivity index (χ0n) is 15.0. The summed E-state index contributed by atoms with van der Waals surface area (Å²) in [5.74, 6) is -1.99. The Hall–Kier alpha value is -2.67. The number of rotatable bonds is 10. The molecule has 7 heteroatoms. The van der Waals surface area contributed by atoms with Crippen molar-refractivity contribution in [2.45, 2.75) is 45.3 Å². The molecule has 26 heavy (non-hydrogen) atoms. The summed E-state index contributed by atoms with van der Waals surface area (Å²) in [7, 11) is 0. The summed E-state index contributed by atoms with van der Waals surface area (Å²) >= 11 is 0. The molecule has 0 unspecified atom stereocenters. The highest BCUT2D eigenvalue weighted by molar-refractivity contribution is 5.77. The van der Waals surface area contributed by atoms with Gasteiger partial charge in [-0.15, -0.1) is 0 Å². The van der Waals surface area contributed by atoms with E-state index in [-0.39, 0.29) is 12.3 Å². The van der Waals surface area contributed by atoms with Crippen molar-refractivity contribution in [2.24, 2.45) is 5.92 Å². The molecule has 1 aromatic heterocycles. The third kappa shape index (κ3) is 6.00. The Bertz CT molecular complexity index is 727. The molecule has 1 aromatic carbocycles. The maximum absolute atomic E-state index is 11.6. The minimum absolute atomic E-state index is 0.124. The highest BCUT2D eigenvalue weighted by Crippen LogP contribution is 2.09. The number of aromatic nitrogens is 2. The fourth-order valence-corrected chi connectivity index (χ4v) is 2.75. The Balaban J connectivity index is 2.03. The van der Waals surface area contributed by atoms with Crippen molar-refractivity contribution in [1.29, 1.82) is 0 Å². The summed E-state index contributed by atoms with van der Waals surface area (Å²) in [4.78, 5) is 22.9. The quantitative estimate of drug-likeness (QED) is 0.599. The van der Waals surface area contributed by atoms with Gasteiger partial charge >= 0.3 is 11.9 Å². The molecule has 0 spiro atoms. The molecule has 7 nitrogen and oxygen atoms in total. The second-order valence-electron chi connectivity index (χ2n) is 6.77. The van der Waals surface area contributed by atoms with Gasteiger partial charge in [-0.2, -0.15) is 5.10 Å². The Kier molecular flexibility index (Phi) is 6.91. The Morgan fingerprint density at radius 1 is 1.08 bits per heavy atom. The third-order valence-electron chi connectivity index (χ3n) is 4.00. The van der Waals surface area contributed by atoms with Crippen LogP contribution in [0.4, 0.5) is 0 Å². The predicted octanol–water partition coefficient (Wildman–Crippen LogP) is 2.02. The number of benzene rings is 1. The van der Waals surface area contributed by atoms with Crippen LogP contribution in [-0.2, 0) is 22.6 Å². The maximum atomic E-state index is 11.6. The lowest BCUT2D eigenvalue weighted by molar-refractivity contribution is -0.142. The van der Waals surface area contributed by atoms with E-state index in [1.54, 1.807) is 16.9 Å². The molecule has 140 valence electrons. The van der Waals surface area contributed by atoms with Gasteiger partial charge in [-0.1, -0.05) is 44.2 Å². The lowest BCUT2D eigenvalue weighted by Gasteiger charge is -2.21. The van der Waals surface area contributed by atoms with Gasteiger partial charge in [-0.25, -0.2) is 0 Å². The van der Waals surface area contributed by atoms with E-state index in [9.17, 15) is 19.8 Å². The number of carboxylic acids is 2. The zero-order valence-corrected chi connectivity index (χ0v) is 15.0. The van der Waals surface area contributed by atoms with E-state index in [0.29, 0.717) is 18.7 Å². The highest BCUT2D eigenvalue weighted by atomic mass is 16.4. The molecule has 0 aliphatic heterocycles. The van der Waals surface area contributed by atoms with Crippen molar-refractivity contribution in [1.82, 2.24) is 15.1 Å². The molecule has 2 aromatic rings. The van der Waals surface area contributed by atoms with E-state index < -0.39 is 24.0 Å². The monoisotopic (exact) mass is 359 g/mol. The first-order chi connectivity index (χ1) is 12.3. The Morgan fingerprint density at radius 2 is 1.73 bits per heavy atom. The fraction of sp³-hybridized carbons (Fsp3) is 0.421. The largest absolute Gasteiger partial charge is 0.480 e. The van der Waals surface area contributed by atoms with Crippen molar-refractivity contribution in [3.63, 3.8) is 0 Å². The molecule has 0 bridgehead atoms. The van der Waals surface area contributed by atoms with E-state index in [1.807, 2.05) is 44.2 Å². The fourth-order valence-electron chi connectivity index (χ4n) is 2.75. The first-order valence-electron chi connectivity index (χ1n) is 8.63. The van der Waals surface area contributed by atoms with Crippen LogP contribution in [0.15, 0.2) is 42.6 Å². The molecule has 0 aliphatic rings. The zero-order chi connectivity index (χ0) is 19.1. The lowest BCUT2D eigenvalue weighted by Crippen LogP contribution is -2.48. The number of carbonyl (C=O) groups is 2. The van der Waals surface area contributed by atoms with Gasteiger partial charge in [-0.3, -0.25) is 19.6 Å². The molecule has 0 saturated carbocycles. The van der Waals surface area contributed by atoms with Crippen molar-refractivity contribution in [2.75, 3.05) is 0 Å². The number of hydrogen-bond acceptors (Lipinski definition) is 4. The van der Waals surface area contributed by atoms with Crippen molar-refractivity contribution in [3.05, 3.63) is 53.9 Å². The summed E-state index contributed by atoms with van der Waals surface area (Å²) in [5, 5.41) is 25.9. The van der Waals surface area contributed by atoms with Crippen molar-refractivity contribution < 1.29 is 19.8 Å². The van der Waals surface area contributed by atoms with Gasteiger partial charge in [0, 0.05) is 12.6 Å². The van der Waals surface area contributed by atoms with Gasteiger partial charge in [0.25, 0.3) is 0 Å². The van der Waals surface area contributed by atoms with Crippen molar-refractivity contribution in [3.8, 4) is 0 Å². The number of nitrogens with zero attached hydrogens (tertiary/aromatic N) is 2. The third-order valence-corrected chi connectivity index (χ3v) is 4.00. The van der Waals surface area contributed by atoms with Gasteiger partial charge in [0.15, 0.2) is 0 Å². The summed E-state index contributed by atoms with van der Waals surface area (Å²) in [6.07, 6.45) is 2.28.